The van der Waals surface area contributed by atoms with Gasteiger partial charge in [-0.05, 0) is 24.1 Å². The van der Waals surface area contributed by atoms with Crippen LogP contribution in [0.5, 0.6) is 0 Å². The topological polar surface area (TPSA) is 20.3 Å². The quantitative estimate of drug-likeness (QED) is 0.722. The minimum Gasteiger partial charge on any atom is -0.305 e. The van der Waals surface area contributed by atoms with Gasteiger partial charge in [0.25, 0.3) is 0 Å². The fourth-order valence-corrected chi connectivity index (χ4v) is 2.50. The average molecular weight is 217 g/mol. The molecule has 0 bridgehead atoms. The Morgan fingerprint density at radius 2 is 2.12 bits per heavy atom. The molecule has 2 nitrogen and oxygen atoms in total. The summed E-state index contributed by atoms with van der Waals surface area (Å²) in [4.78, 5) is 12.9. The van der Waals surface area contributed by atoms with Crippen molar-refractivity contribution >= 4 is 6.29 Å². The maximum Gasteiger partial charge on any atom is 0.120 e. The van der Waals surface area contributed by atoms with Gasteiger partial charge in [0.2, 0.25) is 0 Å². The first-order valence-corrected chi connectivity index (χ1v) is 5.93. The number of benzene rings is 1. The van der Waals surface area contributed by atoms with E-state index in [2.05, 4.69) is 43.1 Å². The number of hydrogen-bond donors (Lipinski definition) is 0. The fraction of sp³-hybridized carbons (Fsp3) is 0.500. The maximum atomic E-state index is 10.6. The molecular formula is C14H19NO. The third-order valence-corrected chi connectivity index (χ3v) is 3.48. The van der Waals surface area contributed by atoms with E-state index in [1.165, 1.54) is 11.1 Å². The molecule has 1 atom stereocenters. The molecular weight excluding hydrogens is 198 g/mol. The summed E-state index contributed by atoms with van der Waals surface area (Å²) in [5, 5.41) is 0. The molecule has 1 unspecified atom stereocenters. The summed E-state index contributed by atoms with van der Waals surface area (Å²) >= 11 is 0. The van der Waals surface area contributed by atoms with E-state index in [9.17, 15) is 4.79 Å². The highest BCUT2D eigenvalue weighted by molar-refractivity contribution is 5.52. The van der Waals surface area contributed by atoms with E-state index in [1.807, 2.05) is 0 Å². The molecule has 1 aromatic carbocycles. The van der Waals surface area contributed by atoms with Crippen LogP contribution in [-0.2, 0) is 4.79 Å². The highest BCUT2D eigenvalue weighted by atomic mass is 16.1. The summed E-state index contributed by atoms with van der Waals surface area (Å²) in [6.07, 6.45) is 1.65. The molecule has 0 amide bonds. The van der Waals surface area contributed by atoms with Gasteiger partial charge in [0.15, 0.2) is 0 Å². The minimum absolute atomic E-state index is 0.347. The maximum absolute atomic E-state index is 10.6. The van der Waals surface area contributed by atoms with Gasteiger partial charge in [0.05, 0.1) is 0 Å². The summed E-state index contributed by atoms with van der Waals surface area (Å²) in [6, 6.07) is 8.56. The van der Waals surface area contributed by atoms with Crippen LogP contribution in [0.1, 0.15) is 36.3 Å². The minimum atomic E-state index is 0.347. The van der Waals surface area contributed by atoms with Gasteiger partial charge in [-0.15, -0.1) is 0 Å². The largest absolute Gasteiger partial charge is 0.305 e. The number of likely N-dealkylation sites (N-methyl/N-ethyl adjacent to an activating group) is 1. The Labute approximate surface area is 97.3 Å². The molecule has 1 heterocycles. The molecule has 0 spiro atoms. The first-order valence-electron chi connectivity index (χ1n) is 5.93. The van der Waals surface area contributed by atoms with Gasteiger partial charge in [0.1, 0.15) is 6.29 Å². The Morgan fingerprint density at radius 3 is 2.75 bits per heavy atom. The molecule has 1 aromatic rings. The lowest BCUT2D eigenvalue weighted by atomic mass is 9.83. The number of rotatable bonds is 4. The van der Waals surface area contributed by atoms with Crippen molar-refractivity contribution in [3.8, 4) is 0 Å². The Kier molecular flexibility index (Phi) is 3.39. The number of carbonyl (C=O) groups is 1. The van der Waals surface area contributed by atoms with Crippen LogP contribution in [0.25, 0.3) is 0 Å². The van der Waals surface area contributed by atoms with Crippen LogP contribution >= 0.6 is 0 Å². The van der Waals surface area contributed by atoms with Crippen LogP contribution in [0.3, 0.4) is 0 Å². The molecule has 0 radical (unpaired) electrons. The second-order valence-corrected chi connectivity index (χ2v) is 4.85. The standard InChI is InChI=1S/C14H19NO/c1-11(7-8-16)13-5-3-4-6-14(13)12-9-15(2)10-12/h3-6,8,11-12H,7,9-10H2,1-2H3. The molecule has 0 saturated carbocycles. The van der Waals surface area contributed by atoms with E-state index >= 15 is 0 Å². The molecule has 2 rings (SSSR count). The average Bonchev–Trinajstić information content (AvgIpc) is 2.25. The second-order valence-electron chi connectivity index (χ2n) is 4.85. The van der Waals surface area contributed by atoms with Crippen molar-refractivity contribution in [2.24, 2.45) is 0 Å². The molecule has 16 heavy (non-hydrogen) atoms. The number of likely N-dealkylation sites (tertiary alicyclic amines) is 1. The molecule has 2 heteroatoms. The number of nitrogens with zero attached hydrogens (tertiary/aromatic N) is 1. The van der Waals surface area contributed by atoms with Crippen molar-refractivity contribution in [3.05, 3.63) is 35.4 Å². The van der Waals surface area contributed by atoms with Gasteiger partial charge in [0, 0.05) is 25.4 Å². The summed E-state index contributed by atoms with van der Waals surface area (Å²) < 4.78 is 0. The fourth-order valence-electron chi connectivity index (χ4n) is 2.50. The molecule has 1 aliphatic rings. The molecule has 1 aliphatic heterocycles. The molecule has 1 fully saturated rings. The van der Waals surface area contributed by atoms with Crippen molar-refractivity contribution in [2.45, 2.75) is 25.2 Å². The van der Waals surface area contributed by atoms with Gasteiger partial charge in [-0.1, -0.05) is 31.2 Å². The molecule has 86 valence electrons. The second kappa shape index (κ2) is 4.79. The van der Waals surface area contributed by atoms with Gasteiger partial charge in [-0.2, -0.15) is 0 Å². The Morgan fingerprint density at radius 1 is 1.44 bits per heavy atom. The van der Waals surface area contributed by atoms with E-state index in [-0.39, 0.29) is 0 Å². The van der Waals surface area contributed by atoms with Crippen molar-refractivity contribution in [2.75, 3.05) is 20.1 Å². The smallest absolute Gasteiger partial charge is 0.120 e. The monoisotopic (exact) mass is 217 g/mol. The van der Waals surface area contributed by atoms with Crippen molar-refractivity contribution < 1.29 is 4.79 Å². The Bertz CT molecular complexity index is 369. The lowest BCUT2D eigenvalue weighted by Gasteiger charge is -2.38. The Hall–Kier alpha value is -1.15. The Balaban J connectivity index is 2.20. The highest BCUT2D eigenvalue weighted by Crippen LogP contribution is 2.32. The predicted molar refractivity (Wildman–Crippen MR) is 65.8 cm³/mol. The lowest BCUT2D eigenvalue weighted by Crippen LogP contribution is -2.42. The van der Waals surface area contributed by atoms with Gasteiger partial charge in [-0.25, -0.2) is 0 Å². The summed E-state index contributed by atoms with van der Waals surface area (Å²) in [5.74, 6) is 1.01. The number of hydrogen-bond acceptors (Lipinski definition) is 2. The van der Waals surface area contributed by atoms with Crippen LogP contribution in [0, 0.1) is 0 Å². The van der Waals surface area contributed by atoms with E-state index in [0.717, 1.165) is 19.4 Å². The summed E-state index contributed by atoms with van der Waals surface area (Å²) in [6.45, 7) is 4.42. The molecule has 0 aliphatic carbocycles. The first-order chi connectivity index (χ1) is 7.72. The van der Waals surface area contributed by atoms with Gasteiger partial charge in [-0.3, -0.25) is 0 Å². The number of carbonyl (C=O) groups excluding carboxylic acids is 1. The van der Waals surface area contributed by atoms with E-state index < -0.39 is 0 Å². The zero-order valence-corrected chi connectivity index (χ0v) is 10.0. The normalized spacial score (nSPS) is 19.1. The van der Waals surface area contributed by atoms with Crippen molar-refractivity contribution in [1.29, 1.82) is 0 Å². The van der Waals surface area contributed by atoms with Crippen LogP contribution < -0.4 is 0 Å². The van der Waals surface area contributed by atoms with Crippen LogP contribution in [-0.4, -0.2) is 31.3 Å². The molecule has 0 aromatic heterocycles. The van der Waals surface area contributed by atoms with Crippen LogP contribution in [0.15, 0.2) is 24.3 Å². The SMILES string of the molecule is CC(CC=O)c1ccccc1C1CN(C)C1. The van der Waals surface area contributed by atoms with Crippen LogP contribution in [0.2, 0.25) is 0 Å². The zero-order chi connectivity index (χ0) is 11.5. The lowest BCUT2D eigenvalue weighted by molar-refractivity contribution is -0.108. The predicted octanol–water partition coefficient (Wildman–Crippen LogP) is 2.41. The van der Waals surface area contributed by atoms with Gasteiger partial charge < -0.3 is 9.69 Å². The third kappa shape index (κ3) is 2.17. The van der Waals surface area contributed by atoms with Crippen molar-refractivity contribution in [3.63, 3.8) is 0 Å². The third-order valence-electron chi connectivity index (χ3n) is 3.48. The van der Waals surface area contributed by atoms with E-state index in [1.54, 1.807) is 0 Å². The molecule has 1 saturated heterocycles. The van der Waals surface area contributed by atoms with E-state index in [0.29, 0.717) is 18.3 Å². The van der Waals surface area contributed by atoms with Gasteiger partial charge >= 0.3 is 0 Å². The molecule has 0 N–H and O–H groups in total. The summed E-state index contributed by atoms with van der Waals surface area (Å²) in [7, 11) is 2.15. The first kappa shape index (κ1) is 11.3. The number of aldehydes is 1. The van der Waals surface area contributed by atoms with Crippen LogP contribution in [0.4, 0.5) is 0 Å². The summed E-state index contributed by atoms with van der Waals surface area (Å²) in [5.41, 5.74) is 2.79. The highest BCUT2D eigenvalue weighted by Gasteiger charge is 2.27. The zero-order valence-electron chi connectivity index (χ0n) is 10.0. The van der Waals surface area contributed by atoms with E-state index in [4.69, 9.17) is 0 Å². The van der Waals surface area contributed by atoms with Crippen molar-refractivity contribution in [1.82, 2.24) is 4.90 Å².